The molecule has 166 valence electrons. The van der Waals surface area contributed by atoms with Crippen LogP contribution in [0.25, 0.3) is 5.76 Å². The summed E-state index contributed by atoms with van der Waals surface area (Å²) < 4.78 is 4.54. The number of Topliss-reactive ketones (excluding diaryl/α,β-unsaturated/α-hetero) is 1. The summed E-state index contributed by atoms with van der Waals surface area (Å²) in [6.45, 7) is 0. The Hall–Kier alpha value is -3.36. The maximum absolute atomic E-state index is 11.6. The number of fused-ring (bicyclic) bond motifs is 2. The van der Waals surface area contributed by atoms with E-state index in [2.05, 4.69) is 15.4 Å². The van der Waals surface area contributed by atoms with Gasteiger partial charge in [-0.2, -0.15) is 0 Å². The highest BCUT2D eigenvalue weighted by Gasteiger charge is 2.26. The Balaban J connectivity index is 0.000000186. The Labute approximate surface area is 193 Å². The molecule has 8 nitrogen and oxygen atoms in total. The van der Waals surface area contributed by atoms with Crippen molar-refractivity contribution < 1.29 is 29.0 Å². The first-order chi connectivity index (χ1) is 15.2. The highest BCUT2D eigenvalue weighted by Crippen LogP contribution is 2.32. The van der Waals surface area contributed by atoms with Gasteiger partial charge in [-0.25, -0.2) is 4.79 Å². The molecule has 0 unspecified atom stereocenters. The number of aliphatic hydroxyl groups excluding tert-OH is 1. The van der Waals surface area contributed by atoms with Crippen LogP contribution in [-0.4, -0.2) is 35.8 Å². The van der Waals surface area contributed by atoms with Crippen LogP contribution >= 0.6 is 23.2 Å². The maximum atomic E-state index is 11.6. The van der Waals surface area contributed by atoms with Gasteiger partial charge in [-0.1, -0.05) is 23.2 Å². The summed E-state index contributed by atoms with van der Waals surface area (Å²) in [7, 11) is 1.19. The number of carbonyl (C=O) groups excluding carboxylic acids is 4. The van der Waals surface area contributed by atoms with E-state index in [4.69, 9.17) is 23.2 Å². The van der Waals surface area contributed by atoms with Gasteiger partial charge in [-0.15, -0.1) is 0 Å². The molecule has 2 aliphatic heterocycles. The quantitative estimate of drug-likeness (QED) is 0.524. The van der Waals surface area contributed by atoms with Gasteiger partial charge in [0.15, 0.2) is 5.78 Å². The number of ether oxygens (including phenoxy) is 1. The van der Waals surface area contributed by atoms with Crippen LogP contribution in [0, 0.1) is 0 Å². The normalized spacial score (nSPS) is 15.2. The highest BCUT2D eigenvalue weighted by molar-refractivity contribution is 6.31. The molecule has 4 rings (SSSR count). The zero-order valence-corrected chi connectivity index (χ0v) is 18.3. The van der Waals surface area contributed by atoms with Crippen LogP contribution < -0.4 is 10.6 Å². The zero-order chi connectivity index (χ0) is 23.4. The molecule has 2 heterocycles. The SMILES string of the molecule is COC(=O)C1=C(O)c2ccc(Cl)cc2NC(=O)C1.O=C1CCC(=O)c2ccc(Cl)cc2N1. The minimum absolute atomic E-state index is 0.0185. The number of ketones is 1. The number of esters is 1. The van der Waals surface area contributed by atoms with Gasteiger partial charge in [0.2, 0.25) is 11.8 Å². The Morgan fingerprint density at radius 1 is 0.906 bits per heavy atom. The molecule has 2 aromatic rings. The molecule has 2 amide bonds. The lowest BCUT2D eigenvalue weighted by Crippen LogP contribution is -2.14. The van der Waals surface area contributed by atoms with Gasteiger partial charge in [0.25, 0.3) is 0 Å². The number of carbonyl (C=O) groups is 4. The Morgan fingerprint density at radius 2 is 1.47 bits per heavy atom. The molecule has 32 heavy (non-hydrogen) atoms. The number of rotatable bonds is 1. The summed E-state index contributed by atoms with van der Waals surface area (Å²) in [6.07, 6.45) is 0.260. The zero-order valence-electron chi connectivity index (χ0n) is 16.8. The maximum Gasteiger partial charge on any atom is 0.338 e. The van der Waals surface area contributed by atoms with Crippen molar-refractivity contribution in [3.8, 4) is 0 Å². The molecule has 0 bridgehead atoms. The Bertz CT molecular complexity index is 1160. The van der Waals surface area contributed by atoms with Gasteiger partial charge in [-0.05, 0) is 36.4 Å². The largest absolute Gasteiger partial charge is 0.507 e. The number of amides is 2. The second-order valence-corrected chi connectivity index (χ2v) is 7.77. The fourth-order valence-corrected chi connectivity index (χ4v) is 3.50. The van der Waals surface area contributed by atoms with Crippen LogP contribution in [0.2, 0.25) is 10.0 Å². The molecule has 0 radical (unpaired) electrons. The van der Waals surface area contributed by atoms with Crippen LogP contribution in [0.3, 0.4) is 0 Å². The number of hydrogen-bond acceptors (Lipinski definition) is 6. The van der Waals surface area contributed by atoms with Crippen molar-refractivity contribution in [2.75, 3.05) is 17.7 Å². The number of benzene rings is 2. The monoisotopic (exact) mass is 476 g/mol. The minimum Gasteiger partial charge on any atom is -0.507 e. The average Bonchev–Trinajstić information content (AvgIpc) is 2.96. The van der Waals surface area contributed by atoms with Crippen molar-refractivity contribution in [1.82, 2.24) is 0 Å². The van der Waals surface area contributed by atoms with Crippen LogP contribution in [0.1, 0.15) is 35.2 Å². The van der Waals surface area contributed by atoms with Gasteiger partial charge in [-0.3, -0.25) is 14.4 Å². The van der Waals surface area contributed by atoms with Gasteiger partial charge in [0.05, 0.1) is 30.5 Å². The third kappa shape index (κ3) is 5.27. The van der Waals surface area contributed by atoms with E-state index in [0.717, 1.165) is 0 Å². The van der Waals surface area contributed by atoms with Crippen LogP contribution in [0.5, 0.6) is 0 Å². The molecule has 0 saturated carbocycles. The lowest BCUT2D eigenvalue weighted by atomic mass is 10.1. The minimum atomic E-state index is -0.731. The molecule has 10 heteroatoms. The van der Waals surface area contributed by atoms with Gasteiger partial charge >= 0.3 is 5.97 Å². The molecule has 0 saturated heterocycles. The molecule has 2 aliphatic rings. The number of nitrogens with one attached hydrogen (secondary N) is 2. The molecule has 0 aromatic heterocycles. The van der Waals surface area contributed by atoms with E-state index in [-0.39, 0.29) is 42.3 Å². The van der Waals surface area contributed by atoms with Crippen molar-refractivity contribution in [1.29, 1.82) is 0 Å². The lowest BCUT2D eigenvalue weighted by Gasteiger charge is -2.07. The molecule has 0 fully saturated rings. The van der Waals surface area contributed by atoms with Gasteiger partial charge in [0.1, 0.15) is 5.76 Å². The number of aliphatic hydroxyl groups is 1. The molecular weight excluding hydrogens is 459 g/mol. The van der Waals surface area contributed by atoms with E-state index < -0.39 is 11.9 Å². The van der Waals surface area contributed by atoms with E-state index in [1.165, 1.54) is 19.2 Å². The predicted octanol–water partition coefficient (Wildman–Crippen LogP) is 4.38. The first kappa shape index (κ1) is 23.3. The van der Waals surface area contributed by atoms with Crippen molar-refractivity contribution in [2.24, 2.45) is 0 Å². The summed E-state index contributed by atoms with van der Waals surface area (Å²) >= 11 is 11.6. The second kappa shape index (κ2) is 9.84. The van der Waals surface area contributed by atoms with Crippen molar-refractivity contribution >= 4 is 63.9 Å². The molecule has 3 N–H and O–H groups in total. The highest BCUT2D eigenvalue weighted by atomic mass is 35.5. The van der Waals surface area contributed by atoms with E-state index in [0.29, 0.717) is 32.5 Å². The number of methoxy groups -OCH3 is 1. The predicted molar refractivity (Wildman–Crippen MR) is 120 cm³/mol. The third-order valence-electron chi connectivity index (χ3n) is 4.70. The van der Waals surface area contributed by atoms with E-state index in [1.807, 2.05) is 0 Å². The second-order valence-electron chi connectivity index (χ2n) is 6.89. The summed E-state index contributed by atoms with van der Waals surface area (Å²) in [4.78, 5) is 45.9. The lowest BCUT2D eigenvalue weighted by molar-refractivity contribution is -0.137. The fraction of sp³-hybridized carbons (Fsp3) is 0.182. The van der Waals surface area contributed by atoms with Crippen LogP contribution in [-0.2, 0) is 19.1 Å². The Morgan fingerprint density at radius 3 is 2.09 bits per heavy atom. The average molecular weight is 477 g/mol. The smallest absolute Gasteiger partial charge is 0.338 e. The summed E-state index contributed by atoms with van der Waals surface area (Å²) in [5.41, 5.74) is 1.69. The summed E-state index contributed by atoms with van der Waals surface area (Å²) in [6, 6.07) is 9.48. The summed E-state index contributed by atoms with van der Waals surface area (Å²) in [5.74, 6) is -1.57. The number of hydrogen-bond donors (Lipinski definition) is 3. The number of halogens is 2. The summed E-state index contributed by atoms with van der Waals surface area (Å²) in [5, 5.41) is 16.2. The van der Waals surface area contributed by atoms with E-state index in [9.17, 15) is 24.3 Å². The van der Waals surface area contributed by atoms with E-state index >= 15 is 0 Å². The molecular formula is C22H18Cl2N2O6. The topological polar surface area (TPSA) is 122 Å². The van der Waals surface area contributed by atoms with Crippen molar-refractivity contribution in [2.45, 2.75) is 19.3 Å². The first-order valence-electron chi connectivity index (χ1n) is 9.42. The van der Waals surface area contributed by atoms with Crippen molar-refractivity contribution in [3.05, 3.63) is 63.1 Å². The molecule has 0 atom stereocenters. The fourth-order valence-electron chi connectivity index (χ4n) is 3.16. The van der Waals surface area contributed by atoms with Crippen molar-refractivity contribution in [3.63, 3.8) is 0 Å². The molecule has 0 aliphatic carbocycles. The Kier molecular flexibility index (Phi) is 7.17. The third-order valence-corrected chi connectivity index (χ3v) is 5.17. The van der Waals surface area contributed by atoms with Gasteiger partial charge in [0, 0.05) is 34.0 Å². The van der Waals surface area contributed by atoms with E-state index in [1.54, 1.807) is 24.3 Å². The molecule has 0 spiro atoms. The standard InChI is InChI=1S/C12H10ClNO4.C10H8ClNO2/c1-18-12(17)8-5-10(15)14-9-4-6(13)2-3-7(9)11(8)16;11-6-1-2-7-8(5-6)12-10(14)4-3-9(7)13/h2-4,16H,5H2,1H3,(H,14,15);1-2,5H,3-4H2,(H,12,14). The van der Waals surface area contributed by atoms with Gasteiger partial charge < -0.3 is 20.5 Å². The van der Waals surface area contributed by atoms with Crippen LogP contribution in [0.15, 0.2) is 42.0 Å². The first-order valence-corrected chi connectivity index (χ1v) is 10.2. The number of anilines is 2. The van der Waals surface area contributed by atoms with Crippen LogP contribution in [0.4, 0.5) is 11.4 Å². The molecule has 2 aromatic carbocycles.